The Bertz CT molecular complexity index is 700. The summed E-state index contributed by atoms with van der Waals surface area (Å²) in [5.74, 6) is -1.07. The molecule has 9 nitrogen and oxygen atoms in total. The summed E-state index contributed by atoms with van der Waals surface area (Å²) in [6, 6.07) is 10.9. The molecular weight excluding hydrogens is 340 g/mol. The molecule has 1 aliphatic rings. The van der Waals surface area contributed by atoms with Crippen molar-refractivity contribution in [2.45, 2.75) is 19.1 Å². The van der Waals surface area contributed by atoms with E-state index in [0.717, 1.165) is 5.56 Å². The zero-order valence-electron chi connectivity index (χ0n) is 14.6. The topological polar surface area (TPSA) is 92.5 Å². The van der Waals surface area contributed by atoms with Crippen LogP contribution in [0.5, 0.6) is 0 Å². The predicted molar refractivity (Wildman–Crippen MR) is 91.6 cm³/mol. The number of amides is 1. The minimum absolute atomic E-state index is 0.0227. The van der Waals surface area contributed by atoms with Crippen molar-refractivity contribution in [3.63, 3.8) is 0 Å². The molecule has 0 bridgehead atoms. The molecule has 1 fully saturated rings. The first-order chi connectivity index (χ1) is 12.6. The third-order valence-corrected chi connectivity index (χ3v) is 3.70. The summed E-state index contributed by atoms with van der Waals surface area (Å²) >= 11 is 0. The van der Waals surface area contributed by atoms with Gasteiger partial charge in [0.25, 0.3) is 0 Å². The maximum atomic E-state index is 12.3. The van der Waals surface area contributed by atoms with E-state index in [0.29, 0.717) is 6.29 Å². The lowest BCUT2D eigenvalue weighted by molar-refractivity contribution is -0.159. The number of carbonyl (C=O) groups is 3. The molecule has 1 aromatic rings. The van der Waals surface area contributed by atoms with E-state index in [1.165, 1.54) is 17.0 Å². The molecule has 1 heterocycles. The zero-order valence-corrected chi connectivity index (χ0v) is 14.6. The molecule has 0 aromatic heterocycles. The number of hydrogen-bond donors (Lipinski definition) is 1. The molecule has 1 amide bonds. The highest BCUT2D eigenvalue weighted by atomic mass is 16.5. The van der Waals surface area contributed by atoms with Gasteiger partial charge in [-0.15, -0.1) is 5.01 Å². The molecule has 138 valence electrons. The van der Waals surface area contributed by atoms with Gasteiger partial charge in [-0.1, -0.05) is 18.2 Å². The Balaban J connectivity index is 2.07. The molecule has 0 aliphatic carbocycles. The lowest BCUT2D eigenvalue weighted by Gasteiger charge is -2.28. The van der Waals surface area contributed by atoms with E-state index in [4.69, 9.17) is 9.47 Å². The molecule has 0 spiro atoms. The Morgan fingerprint density at radius 2 is 2.15 bits per heavy atom. The summed E-state index contributed by atoms with van der Waals surface area (Å²) < 4.78 is 10.0. The van der Waals surface area contributed by atoms with E-state index in [9.17, 15) is 14.4 Å². The molecule has 0 saturated carbocycles. The molecule has 1 aromatic carbocycles. The molecule has 26 heavy (non-hydrogen) atoms. The molecule has 2 rings (SSSR count). The summed E-state index contributed by atoms with van der Waals surface area (Å²) in [6.07, 6.45) is -0.605. The van der Waals surface area contributed by atoms with Gasteiger partial charge in [0.15, 0.2) is 12.3 Å². The van der Waals surface area contributed by atoms with Crippen LogP contribution in [0.25, 0.3) is 4.95 Å². The number of carbonyl (C=O) groups excluding carboxylic acids is 3. The van der Waals surface area contributed by atoms with Gasteiger partial charge in [0.1, 0.15) is 23.2 Å². The highest BCUT2D eigenvalue weighted by molar-refractivity contribution is 5.89. The third kappa shape index (κ3) is 4.78. The van der Waals surface area contributed by atoms with Crippen LogP contribution in [0, 0.1) is 6.07 Å². The van der Waals surface area contributed by atoms with E-state index >= 15 is 0 Å². The second kappa shape index (κ2) is 9.50. The van der Waals surface area contributed by atoms with E-state index < -0.39 is 18.1 Å². The van der Waals surface area contributed by atoms with Gasteiger partial charge in [-0.2, -0.15) is 0 Å². The number of rotatable bonds is 7. The van der Waals surface area contributed by atoms with Crippen LogP contribution in [0.2, 0.25) is 0 Å². The lowest BCUT2D eigenvalue weighted by Crippen LogP contribution is -2.52. The van der Waals surface area contributed by atoms with Crippen LogP contribution in [0.15, 0.2) is 30.3 Å². The average Bonchev–Trinajstić information content (AvgIpc) is 3.02. The number of esters is 1. The van der Waals surface area contributed by atoms with Gasteiger partial charge in [0.05, 0.1) is 13.8 Å². The number of hydrazine groups is 1. The third-order valence-electron chi connectivity index (χ3n) is 3.70. The van der Waals surface area contributed by atoms with Crippen LogP contribution in [0.3, 0.4) is 0 Å². The summed E-state index contributed by atoms with van der Waals surface area (Å²) in [6.45, 7) is 1.93. The molecule has 2 atom stereocenters. The van der Waals surface area contributed by atoms with Gasteiger partial charge >= 0.3 is 12.0 Å². The van der Waals surface area contributed by atoms with Crippen molar-refractivity contribution >= 4 is 18.2 Å². The monoisotopic (exact) mass is 361 g/mol. The van der Waals surface area contributed by atoms with Crippen LogP contribution in [0.4, 0.5) is 0 Å². The predicted octanol–water partition coefficient (Wildman–Crippen LogP) is 0.0345. The fourth-order valence-electron chi connectivity index (χ4n) is 2.51. The van der Waals surface area contributed by atoms with Gasteiger partial charge < -0.3 is 19.2 Å². The first-order valence-electron chi connectivity index (χ1n) is 8.06. The van der Waals surface area contributed by atoms with Crippen molar-refractivity contribution in [1.82, 2.24) is 15.4 Å². The van der Waals surface area contributed by atoms with Crippen LogP contribution in [0.1, 0.15) is 12.5 Å². The molecule has 2 unspecified atom stereocenters. The molecule has 1 N–H and O–H groups in total. The van der Waals surface area contributed by atoms with Crippen molar-refractivity contribution in [1.29, 1.82) is 0 Å². The fourth-order valence-corrected chi connectivity index (χ4v) is 2.51. The van der Waals surface area contributed by atoms with Crippen molar-refractivity contribution in [3.8, 4) is 6.07 Å². The minimum atomic E-state index is -1.15. The lowest BCUT2D eigenvalue weighted by atomic mass is 10.1. The molecule has 9 heteroatoms. The van der Waals surface area contributed by atoms with Crippen molar-refractivity contribution < 1.29 is 23.9 Å². The molecule has 1 aliphatic heterocycles. The van der Waals surface area contributed by atoms with Gasteiger partial charge in [0.2, 0.25) is 5.91 Å². The second-order valence-corrected chi connectivity index (χ2v) is 5.42. The second-order valence-electron chi connectivity index (χ2n) is 5.42. The Labute approximate surface area is 151 Å². The first kappa shape index (κ1) is 19.4. The number of ether oxygens (including phenoxy) is 2. The number of nitrogens with zero attached hydrogens (tertiary/aromatic N) is 3. The number of benzene rings is 1. The smallest absolute Gasteiger partial charge is 0.358 e. The van der Waals surface area contributed by atoms with Crippen LogP contribution in [-0.2, 0) is 23.9 Å². The Morgan fingerprint density at radius 1 is 1.42 bits per heavy atom. The molecule has 0 radical (unpaired) electrons. The summed E-state index contributed by atoms with van der Waals surface area (Å²) in [5, 5.41) is 1.49. The Morgan fingerprint density at radius 3 is 2.77 bits per heavy atom. The van der Waals surface area contributed by atoms with Crippen molar-refractivity contribution in [2.75, 3.05) is 26.9 Å². The first-order valence-corrected chi connectivity index (χ1v) is 8.06. The van der Waals surface area contributed by atoms with Gasteiger partial charge in [0, 0.05) is 6.61 Å². The average molecular weight is 361 g/mol. The normalized spacial score (nSPS) is 16.4. The Kier molecular flexibility index (Phi) is 7.08. The summed E-state index contributed by atoms with van der Waals surface area (Å²) in [7, 11) is 1.19. The van der Waals surface area contributed by atoms with Crippen LogP contribution >= 0.6 is 0 Å². The number of nitrogens with one attached hydrogen (secondary N) is 1. The SMILES string of the molecule is CCOC(C=O)C(C(=O)OC)N1CN(N[N+]#Cc2ccccc2)CC1=O. The van der Waals surface area contributed by atoms with Gasteiger partial charge in [-0.25, -0.2) is 4.79 Å². The molecular formula is C17H21N4O5+. The largest absolute Gasteiger partial charge is 0.467 e. The van der Waals surface area contributed by atoms with Gasteiger partial charge in [-0.3, -0.25) is 4.79 Å². The molecule has 1 saturated heterocycles. The number of hydrogen-bond acceptors (Lipinski definition) is 7. The van der Waals surface area contributed by atoms with Crippen LogP contribution in [-0.4, -0.2) is 67.1 Å². The standard InChI is InChI=1S/C17H21N4O5/c1-3-26-14(11-22)16(17(24)25-2)21-12-20(10-15(21)23)19-18-9-13-7-5-4-6-8-13/h4-8,11,14,16,19H,3,10,12H2,1-2H3/q+1. The minimum Gasteiger partial charge on any atom is -0.467 e. The summed E-state index contributed by atoms with van der Waals surface area (Å²) in [5.41, 5.74) is 3.47. The summed E-state index contributed by atoms with van der Waals surface area (Å²) in [4.78, 5) is 40.9. The maximum absolute atomic E-state index is 12.3. The maximum Gasteiger partial charge on any atom is 0.358 e. The van der Waals surface area contributed by atoms with E-state index in [-0.39, 0.29) is 25.7 Å². The quantitative estimate of drug-likeness (QED) is 0.416. The number of methoxy groups -OCH3 is 1. The number of aldehydes is 1. The van der Waals surface area contributed by atoms with E-state index in [1.807, 2.05) is 30.3 Å². The van der Waals surface area contributed by atoms with E-state index in [1.54, 1.807) is 6.92 Å². The van der Waals surface area contributed by atoms with Crippen molar-refractivity contribution in [2.24, 2.45) is 0 Å². The van der Waals surface area contributed by atoms with E-state index in [2.05, 4.69) is 16.6 Å². The van der Waals surface area contributed by atoms with Crippen LogP contribution < -0.4 is 5.53 Å². The fraction of sp³-hybridized carbons (Fsp3) is 0.412. The van der Waals surface area contributed by atoms with Gasteiger partial charge in [-0.05, 0) is 24.6 Å². The highest BCUT2D eigenvalue weighted by Crippen LogP contribution is 2.15. The Hall–Kier alpha value is -2.96. The zero-order chi connectivity index (χ0) is 18.9. The van der Waals surface area contributed by atoms with Crippen molar-refractivity contribution in [3.05, 3.63) is 40.8 Å². The highest BCUT2D eigenvalue weighted by Gasteiger charge is 2.43.